The number of hydrogen-bond donors (Lipinski definition) is 2. The Labute approximate surface area is 361 Å². The monoisotopic (exact) mass is 852 g/mol. The maximum Gasteiger partial charge on any atom is 0.321 e. The second-order valence-electron chi connectivity index (χ2n) is 14.5. The van der Waals surface area contributed by atoms with Crippen LogP contribution >= 0.6 is 0 Å². The predicted molar refractivity (Wildman–Crippen MR) is 235 cm³/mol. The van der Waals surface area contributed by atoms with E-state index in [0.29, 0.717) is 25.4 Å². The molecule has 0 aromatic carbocycles. The van der Waals surface area contributed by atoms with Crippen LogP contribution in [0.3, 0.4) is 0 Å². The van der Waals surface area contributed by atoms with Crippen molar-refractivity contribution in [3.8, 4) is 0 Å². The van der Waals surface area contributed by atoms with Gasteiger partial charge in [-0.2, -0.15) is 15.3 Å². The first-order valence-corrected chi connectivity index (χ1v) is 20.1. The van der Waals surface area contributed by atoms with Crippen LogP contribution < -0.4 is 10.6 Å². The summed E-state index contributed by atoms with van der Waals surface area (Å²) in [4.78, 5) is 64.8. The molecule has 0 unspecified atom stereocenters. The van der Waals surface area contributed by atoms with E-state index >= 15 is 0 Å². The molecule has 0 atom stereocenters. The van der Waals surface area contributed by atoms with Crippen LogP contribution in [-0.2, 0) is 42.6 Å². The highest BCUT2D eigenvalue weighted by atomic mass is 16.2. The van der Waals surface area contributed by atoms with Crippen LogP contribution in [0.4, 0.5) is 9.59 Å². The number of likely N-dealkylation sites (tertiary alicyclic amines) is 3. The number of carbonyl (C=O) groups is 5. The number of ketones is 1. The van der Waals surface area contributed by atoms with E-state index in [-0.39, 0.29) is 23.8 Å². The number of urea groups is 2. The summed E-state index contributed by atoms with van der Waals surface area (Å²) in [7, 11) is 16.8. The second-order valence-corrected chi connectivity index (χ2v) is 14.5. The smallest absolute Gasteiger partial charge is 0.321 e. The second kappa shape index (κ2) is 30.7. The van der Waals surface area contributed by atoms with Crippen molar-refractivity contribution in [3.05, 3.63) is 86.4 Å². The minimum atomic E-state index is -0.343. The Morgan fingerprint density at radius 3 is 1.33 bits per heavy atom. The molecule has 338 valence electrons. The number of Topliss-reactive ketones (excluding diaryl/α,β-unsaturated/α-hetero) is 1. The average molecular weight is 852 g/mol. The van der Waals surface area contributed by atoms with Crippen molar-refractivity contribution in [2.45, 2.75) is 38.5 Å². The molecule has 2 N–H and O–H groups in total. The van der Waals surface area contributed by atoms with Gasteiger partial charge in [0.15, 0.2) is 0 Å². The average Bonchev–Trinajstić information content (AvgIpc) is 4.11. The Morgan fingerprint density at radius 2 is 1.18 bits per heavy atom. The third kappa shape index (κ3) is 25.7. The largest absolute Gasteiger partial charge is 0.357 e. The fourth-order valence-corrected chi connectivity index (χ4v) is 5.12. The number of rotatable bonds is 0. The van der Waals surface area contributed by atoms with Crippen LogP contribution in [0.25, 0.3) is 0 Å². The summed E-state index contributed by atoms with van der Waals surface area (Å²) in [6.07, 6.45) is 20.9. The topological polar surface area (TPSA) is 197 Å². The Morgan fingerprint density at radius 1 is 0.574 bits per heavy atom. The van der Waals surface area contributed by atoms with Crippen molar-refractivity contribution >= 4 is 29.7 Å². The summed E-state index contributed by atoms with van der Waals surface area (Å²) in [5.41, 5.74) is 0.775. The van der Waals surface area contributed by atoms with E-state index < -0.39 is 0 Å². The van der Waals surface area contributed by atoms with Gasteiger partial charge in [0, 0.05) is 138 Å². The molecule has 5 saturated heterocycles. The van der Waals surface area contributed by atoms with Crippen LogP contribution in [0.5, 0.6) is 0 Å². The first kappa shape index (κ1) is 52.7. The molecule has 0 aliphatic carbocycles. The minimum Gasteiger partial charge on any atom is -0.357 e. The maximum absolute atomic E-state index is 10.5. The molecule has 0 spiro atoms. The Hall–Kier alpha value is -6.31. The summed E-state index contributed by atoms with van der Waals surface area (Å²) in [5.74, 6) is -0.308. The van der Waals surface area contributed by atoms with Gasteiger partial charge < -0.3 is 39.7 Å². The molecule has 0 saturated carbocycles. The molecule has 4 aromatic heterocycles. The number of nitrogens with one attached hydrogen (secondary N) is 2. The van der Waals surface area contributed by atoms with Gasteiger partial charge in [0.2, 0.25) is 11.7 Å². The molecule has 9 heterocycles. The standard InChI is InChI=1S/C6H13N.C5H8N2O.C5H7NO2.C5H9NO.C5H7N.C4H8N2O.2C4H6N2.C3H5N3/c1-7-5-3-2-4-6-7;1-4-3-7(2)5(8)6-4;1-6-3-2-4(7)5(6)8;1-6-4-2-3-5(6)7;1-6-4-2-3-5-6;1-6-3-2-5-4(6)7;2*1-6-4-2-3-5-6;1-6-3-4-2-5-6/h2-6H2,1H3;1,3H2,2H3,(H,6,8);2-3H2,1H3;2-4H2,1H3;2-5H,1H3;2-3H2,1H3,(H,5,7);2*2-4H,1H3;2-3H,1H3. The van der Waals surface area contributed by atoms with Crippen molar-refractivity contribution in [3.63, 3.8) is 0 Å². The van der Waals surface area contributed by atoms with E-state index in [9.17, 15) is 24.0 Å². The van der Waals surface area contributed by atoms with E-state index in [1.807, 2.05) is 88.9 Å². The predicted octanol–water partition coefficient (Wildman–Crippen LogP) is 2.24. The van der Waals surface area contributed by atoms with Gasteiger partial charge in [-0.1, -0.05) is 13.0 Å². The van der Waals surface area contributed by atoms with Crippen LogP contribution in [0, 0.1) is 0 Å². The Bertz CT molecular complexity index is 1620. The lowest BCUT2D eigenvalue weighted by Crippen LogP contribution is -2.24. The van der Waals surface area contributed by atoms with E-state index in [2.05, 4.69) is 49.4 Å². The third-order valence-corrected chi connectivity index (χ3v) is 8.84. The van der Waals surface area contributed by atoms with Crippen molar-refractivity contribution in [2.24, 2.45) is 28.2 Å². The maximum atomic E-state index is 10.5. The van der Waals surface area contributed by atoms with Crippen molar-refractivity contribution in [1.29, 1.82) is 0 Å². The van der Waals surface area contributed by atoms with Gasteiger partial charge in [-0.3, -0.25) is 28.4 Å². The third-order valence-electron chi connectivity index (χ3n) is 8.84. The zero-order valence-electron chi connectivity index (χ0n) is 37.7. The zero-order chi connectivity index (χ0) is 45.6. The number of aryl methyl sites for hydroxylation is 4. The van der Waals surface area contributed by atoms with Gasteiger partial charge in [-0.15, -0.1) is 0 Å². The van der Waals surface area contributed by atoms with E-state index in [1.54, 1.807) is 68.6 Å². The molecule has 5 aliphatic rings. The summed E-state index contributed by atoms with van der Waals surface area (Å²) in [6.45, 7) is 10.1. The van der Waals surface area contributed by atoms with Crippen LogP contribution in [0.15, 0.2) is 86.4 Å². The van der Waals surface area contributed by atoms with Gasteiger partial charge in [0.1, 0.15) is 12.7 Å². The number of piperidine rings is 1. The number of aromatic nitrogens is 8. The van der Waals surface area contributed by atoms with Gasteiger partial charge in [0.25, 0.3) is 5.91 Å². The molecular formula is C41H69N15O5. The van der Waals surface area contributed by atoms with Crippen LogP contribution in [-0.4, -0.2) is 174 Å². The summed E-state index contributed by atoms with van der Waals surface area (Å²) < 4.78 is 7.14. The van der Waals surface area contributed by atoms with Crippen molar-refractivity contribution < 1.29 is 24.0 Å². The highest BCUT2D eigenvalue weighted by Gasteiger charge is 2.25. The number of carbonyl (C=O) groups excluding carboxylic acids is 5. The lowest BCUT2D eigenvalue weighted by Gasteiger charge is -2.20. The number of hydrogen-bond acceptors (Lipinski definition) is 10. The van der Waals surface area contributed by atoms with Gasteiger partial charge in [-0.25, -0.2) is 14.6 Å². The highest BCUT2D eigenvalue weighted by molar-refractivity contribution is 6.37. The van der Waals surface area contributed by atoms with E-state index in [4.69, 9.17) is 0 Å². The lowest BCUT2D eigenvalue weighted by molar-refractivity contribution is -0.139. The molecule has 0 bridgehead atoms. The van der Waals surface area contributed by atoms with Crippen LogP contribution in [0.1, 0.15) is 38.5 Å². The molecule has 20 nitrogen and oxygen atoms in total. The fourth-order valence-electron chi connectivity index (χ4n) is 5.12. The first-order chi connectivity index (χ1) is 29.0. The molecule has 0 radical (unpaired) electrons. The van der Waals surface area contributed by atoms with Gasteiger partial charge in [-0.05, 0) is 63.7 Å². The molecule has 20 heteroatoms. The zero-order valence-corrected chi connectivity index (χ0v) is 37.7. The number of amides is 6. The first-order valence-electron chi connectivity index (χ1n) is 20.1. The normalized spacial score (nSPS) is 16.3. The Balaban J connectivity index is 0.000000344. The molecule has 5 fully saturated rings. The van der Waals surface area contributed by atoms with Gasteiger partial charge in [0.05, 0.1) is 6.54 Å². The molecule has 61 heavy (non-hydrogen) atoms. The van der Waals surface area contributed by atoms with E-state index in [1.165, 1.54) is 43.6 Å². The molecular weight excluding hydrogens is 783 g/mol. The molecule has 6 amide bonds. The van der Waals surface area contributed by atoms with Crippen molar-refractivity contribution in [2.75, 3.05) is 81.1 Å². The van der Waals surface area contributed by atoms with Crippen molar-refractivity contribution in [1.82, 2.24) is 74.0 Å². The van der Waals surface area contributed by atoms with E-state index in [0.717, 1.165) is 38.2 Å². The summed E-state index contributed by atoms with van der Waals surface area (Å²) in [6, 6.07) is 7.76. The Kier molecular flexibility index (Phi) is 26.5. The fraction of sp³-hybridized carbons (Fsp3) is 0.537. The summed E-state index contributed by atoms with van der Waals surface area (Å²) in [5, 5.41) is 16.6. The highest BCUT2D eigenvalue weighted by Crippen LogP contribution is 2.05. The minimum absolute atomic E-state index is 0.0417. The summed E-state index contributed by atoms with van der Waals surface area (Å²) >= 11 is 0. The molecule has 4 aromatic rings. The van der Waals surface area contributed by atoms with Crippen LogP contribution in [0.2, 0.25) is 0 Å². The number of nitrogens with zero attached hydrogens (tertiary/aromatic N) is 13. The number of likely N-dealkylation sites (N-methyl/N-ethyl adjacent to an activating group) is 3. The quantitative estimate of drug-likeness (QED) is 0.248. The SMILES string of the molecule is C=C1CN(C)C(=O)N1.CN1CCC(=O)C1=O.CN1CCCC1=O.CN1CCCCC1.CN1CCNC1=O.Cn1cccc1.Cn1cccn1.Cn1cccn1.Cn1cncn1. The molecule has 5 aliphatic heterocycles. The molecule has 9 rings (SSSR count). The lowest BCUT2D eigenvalue weighted by atomic mass is 10.1. The van der Waals surface area contributed by atoms with Gasteiger partial charge >= 0.3 is 12.1 Å².